The lowest BCUT2D eigenvalue weighted by atomic mass is 10.1. The van der Waals surface area contributed by atoms with Crippen molar-refractivity contribution in [2.45, 2.75) is 13.5 Å². The molecule has 0 amide bonds. The smallest absolute Gasteiger partial charge is 0.121 e. The molecular formula is C9H12BrNO. The summed E-state index contributed by atoms with van der Waals surface area (Å²) in [5.74, 6) is 0.335. The molecule has 0 atom stereocenters. The van der Waals surface area contributed by atoms with Gasteiger partial charge in [0.2, 0.25) is 0 Å². The molecule has 2 nitrogen and oxygen atoms in total. The van der Waals surface area contributed by atoms with Crippen LogP contribution in [-0.2, 0) is 6.54 Å². The molecule has 0 heterocycles. The van der Waals surface area contributed by atoms with Crippen LogP contribution in [0.1, 0.15) is 11.1 Å². The number of halogens is 1. The Hall–Kier alpha value is -0.540. The van der Waals surface area contributed by atoms with Crippen LogP contribution in [0.4, 0.5) is 0 Å². The van der Waals surface area contributed by atoms with E-state index in [2.05, 4.69) is 21.2 Å². The second-order valence-electron chi connectivity index (χ2n) is 2.72. The maximum absolute atomic E-state index is 9.48. The van der Waals surface area contributed by atoms with Crippen LogP contribution in [0.15, 0.2) is 16.6 Å². The van der Waals surface area contributed by atoms with Crippen molar-refractivity contribution in [2.24, 2.45) is 0 Å². The van der Waals surface area contributed by atoms with Crippen molar-refractivity contribution in [3.05, 3.63) is 27.7 Å². The summed E-state index contributed by atoms with van der Waals surface area (Å²) in [7, 11) is 1.86. The van der Waals surface area contributed by atoms with Crippen molar-refractivity contribution in [1.82, 2.24) is 5.32 Å². The Balaban J connectivity index is 3.14. The normalized spacial score (nSPS) is 10.2. The van der Waals surface area contributed by atoms with E-state index in [1.165, 1.54) is 0 Å². The molecule has 3 heteroatoms. The summed E-state index contributed by atoms with van der Waals surface area (Å²) < 4.78 is 0.983. The lowest BCUT2D eigenvalue weighted by Gasteiger charge is -2.08. The number of nitrogens with one attached hydrogen (secondary N) is 1. The highest BCUT2D eigenvalue weighted by Crippen LogP contribution is 2.28. The zero-order valence-electron chi connectivity index (χ0n) is 7.19. The molecule has 2 N–H and O–H groups in total. The topological polar surface area (TPSA) is 32.3 Å². The van der Waals surface area contributed by atoms with E-state index in [9.17, 15) is 5.11 Å². The Morgan fingerprint density at radius 3 is 2.75 bits per heavy atom. The van der Waals surface area contributed by atoms with Gasteiger partial charge in [-0.25, -0.2) is 0 Å². The molecule has 0 aliphatic heterocycles. The molecule has 66 valence electrons. The SMILES string of the molecule is CNCc1c(O)ccc(C)c1Br. The molecule has 0 spiro atoms. The van der Waals surface area contributed by atoms with E-state index in [0.29, 0.717) is 12.3 Å². The maximum Gasteiger partial charge on any atom is 0.121 e. The third-order valence-electron chi connectivity index (χ3n) is 1.77. The number of hydrogen-bond donors (Lipinski definition) is 2. The van der Waals surface area contributed by atoms with Gasteiger partial charge >= 0.3 is 0 Å². The Morgan fingerprint density at radius 1 is 1.50 bits per heavy atom. The highest BCUT2D eigenvalue weighted by atomic mass is 79.9. The average Bonchev–Trinajstić information content (AvgIpc) is 2.06. The van der Waals surface area contributed by atoms with Crippen molar-refractivity contribution in [3.63, 3.8) is 0 Å². The van der Waals surface area contributed by atoms with Crippen LogP contribution >= 0.6 is 15.9 Å². The molecule has 0 radical (unpaired) electrons. The molecule has 0 bridgehead atoms. The van der Waals surface area contributed by atoms with Gasteiger partial charge in [-0.15, -0.1) is 0 Å². The Labute approximate surface area is 80.7 Å². The summed E-state index contributed by atoms with van der Waals surface area (Å²) in [6.45, 7) is 2.68. The predicted octanol–water partition coefficient (Wildman–Crippen LogP) is 2.18. The highest BCUT2D eigenvalue weighted by molar-refractivity contribution is 9.10. The largest absolute Gasteiger partial charge is 0.508 e. The first kappa shape index (κ1) is 9.55. The molecule has 0 fully saturated rings. The lowest BCUT2D eigenvalue weighted by Crippen LogP contribution is -2.06. The van der Waals surface area contributed by atoms with Gasteiger partial charge in [0.25, 0.3) is 0 Å². The first-order chi connectivity index (χ1) is 5.66. The van der Waals surface area contributed by atoms with Gasteiger partial charge in [0.05, 0.1) is 0 Å². The molecule has 0 unspecified atom stereocenters. The second kappa shape index (κ2) is 3.92. The van der Waals surface area contributed by atoms with Crippen molar-refractivity contribution in [1.29, 1.82) is 0 Å². The van der Waals surface area contributed by atoms with Crippen LogP contribution < -0.4 is 5.32 Å². The van der Waals surface area contributed by atoms with Crippen LogP contribution in [0.3, 0.4) is 0 Å². The third-order valence-corrected chi connectivity index (χ3v) is 2.87. The van der Waals surface area contributed by atoms with Crippen LogP contribution in [0, 0.1) is 6.92 Å². The quantitative estimate of drug-likeness (QED) is 0.816. The minimum absolute atomic E-state index is 0.335. The number of benzene rings is 1. The molecule has 0 aliphatic carbocycles. The maximum atomic E-state index is 9.48. The van der Waals surface area contributed by atoms with Crippen LogP contribution in [0.25, 0.3) is 0 Å². The number of aryl methyl sites for hydroxylation is 1. The Kier molecular flexibility index (Phi) is 3.12. The molecule has 0 saturated carbocycles. The molecule has 12 heavy (non-hydrogen) atoms. The third kappa shape index (κ3) is 1.79. The minimum atomic E-state index is 0.335. The van der Waals surface area contributed by atoms with Crippen molar-refractivity contribution >= 4 is 15.9 Å². The van der Waals surface area contributed by atoms with Crippen molar-refractivity contribution in [2.75, 3.05) is 7.05 Å². The monoisotopic (exact) mass is 229 g/mol. The standard InChI is InChI=1S/C9H12BrNO/c1-6-3-4-8(12)7(5-11-2)9(6)10/h3-4,11-12H,5H2,1-2H3. The summed E-state index contributed by atoms with van der Waals surface area (Å²) >= 11 is 3.43. The summed E-state index contributed by atoms with van der Waals surface area (Å²) in [4.78, 5) is 0. The molecular weight excluding hydrogens is 218 g/mol. The lowest BCUT2D eigenvalue weighted by molar-refractivity contribution is 0.465. The molecule has 1 aromatic carbocycles. The van der Waals surface area contributed by atoms with Gasteiger partial charge in [0, 0.05) is 16.6 Å². The fourth-order valence-electron chi connectivity index (χ4n) is 1.07. The van der Waals surface area contributed by atoms with Gasteiger partial charge < -0.3 is 10.4 Å². The number of hydrogen-bond acceptors (Lipinski definition) is 2. The van der Waals surface area contributed by atoms with E-state index < -0.39 is 0 Å². The van der Waals surface area contributed by atoms with Gasteiger partial charge in [0.1, 0.15) is 5.75 Å². The van der Waals surface area contributed by atoms with E-state index in [4.69, 9.17) is 0 Å². The van der Waals surface area contributed by atoms with Crippen LogP contribution in [0.2, 0.25) is 0 Å². The zero-order valence-corrected chi connectivity index (χ0v) is 8.77. The molecule has 0 aliphatic rings. The van der Waals surface area contributed by atoms with Crippen LogP contribution in [0.5, 0.6) is 5.75 Å². The second-order valence-corrected chi connectivity index (χ2v) is 3.52. The first-order valence-corrected chi connectivity index (χ1v) is 4.57. The van der Waals surface area contributed by atoms with E-state index in [-0.39, 0.29) is 0 Å². The van der Waals surface area contributed by atoms with E-state index in [1.54, 1.807) is 6.07 Å². The van der Waals surface area contributed by atoms with Gasteiger partial charge in [-0.1, -0.05) is 22.0 Å². The Morgan fingerprint density at radius 2 is 2.17 bits per heavy atom. The van der Waals surface area contributed by atoms with Gasteiger partial charge in [-0.3, -0.25) is 0 Å². The Bertz CT molecular complexity index is 286. The summed E-state index contributed by atoms with van der Waals surface area (Å²) in [5, 5.41) is 12.5. The zero-order chi connectivity index (χ0) is 9.14. The number of rotatable bonds is 2. The van der Waals surface area contributed by atoms with Crippen molar-refractivity contribution in [3.8, 4) is 5.75 Å². The fraction of sp³-hybridized carbons (Fsp3) is 0.333. The summed E-state index contributed by atoms with van der Waals surface area (Å²) in [6.07, 6.45) is 0. The van der Waals surface area contributed by atoms with E-state index >= 15 is 0 Å². The summed E-state index contributed by atoms with van der Waals surface area (Å²) in [5.41, 5.74) is 2.05. The number of phenols is 1. The number of aromatic hydroxyl groups is 1. The van der Waals surface area contributed by atoms with E-state index in [0.717, 1.165) is 15.6 Å². The highest BCUT2D eigenvalue weighted by Gasteiger charge is 2.06. The average molecular weight is 230 g/mol. The minimum Gasteiger partial charge on any atom is -0.508 e. The van der Waals surface area contributed by atoms with E-state index in [1.807, 2.05) is 20.0 Å². The predicted molar refractivity (Wildman–Crippen MR) is 53.3 cm³/mol. The first-order valence-electron chi connectivity index (χ1n) is 3.78. The molecule has 1 rings (SSSR count). The summed E-state index contributed by atoms with van der Waals surface area (Å²) in [6, 6.07) is 3.60. The fourth-order valence-corrected chi connectivity index (χ4v) is 1.55. The van der Waals surface area contributed by atoms with Gasteiger partial charge in [0.15, 0.2) is 0 Å². The van der Waals surface area contributed by atoms with Crippen LogP contribution in [-0.4, -0.2) is 12.2 Å². The molecule has 0 saturated heterocycles. The van der Waals surface area contributed by atoms with Gasteiger partial charge in [-0.2, -0.15) is 0 Å². The number of phenolic OH excluding ortho intramolecular Hbond substituents is 1. The molecule has 0 aromatic heterocycles. The van der Waals surface area contributed by atoms with Gasteiger partial charge in [-0.05, 0) is 25.6 Å². The van der Waals surface area contributed by atoms with Crippen molar-refractivity contribution < 1.29 is 5.11 Å². The molecule has 1 aromatic rings.